The van der Waals surface area contributed by atoms with Gasteiger partial charge in [-0.25, -0.2) is 9.69 Å². The Kier molecular flexibility index (Phi) is 5.45. The Morgan fingerprint density at radius 3 is 2.24 bits per heavy atom. The van der Waals surface area contributed by atoms with E-state index in [1.165, 1.54) is 17.6 Å². The predicted molar refractivity (Wildman–Crippen MR) is 109 cm³/mol. The molecule has 0 bridgehead atoms. The van der Waals surface area contributed by atoms with Crippen molar-refractivity contribution in [1.82, 2.24) is 4.90 Å². The molecule has 0 unspecified atom stereocenters. The fourth-order valence-corrected chi connectivity index (χ4v) is 4.31. The van der Waals surface area contributed by atoms with E-state index in [0.717, 1.165) is 25.9 Å². The highest BCUT2D eigenvalue weighted by Gasteiger charge is 2.43. The fraction of sp³-hybridized carbons (Fsp3) is 0.348. The molecule has 0 N–H and O–H groups in total. The third kappa shape index (κ3) is 3.80. The Bertz CT molecular complexity index is 902. The molecule has 6 heteroatoms. The average molecular weight is 392 g/mol. The molecule has 1 atom stereocenters. The summed E-state index contributed by atoms with van der Waals surface area (Å²) in [5.74, 6) is -0.327. The number of carbonyl (C=O) groups excluding carboxylic acids is 3. The molecule has 2 amide bonds. The van der Waals surface area contributed by atoms with Gasteiger partial charge in [-0.15, -0.1) is 0 Å². The molecule has 2 saturated heterocycles. The lowest BCUT2D eigenvalue weighted by Gasteiger charge is -2.35. The number of carbonyl (C=O) groups is 3. The van der Waals surface area contributed by atoms with Crippen molar-refractivity contribution in [3.05, 3.63) is 65.7 Å². The van der Waals surface area contributed by atoms with Gasteiger partial charge in [-0.2, -0.15) is 0 Å². The number of methoxy groups -OCH3 is 1. The second-order valence-electron chi connectivity index (χ2n) is 7.55. The van der Waals surface area contributed by atoms with Crippen LogP contribution in [0, 0.1) is 0 Å². The highest BCUT2D eigenvalue weighted by atomic mass is 16.5. The Hall–Kier alpha value is -2.99. The molecule has 29 heavy (non-hydrogen) atoms. The highest BCUT2D eigenvalue weighted by molar-refractivity contribution is 6.22. The van der Waals surface area contributed by atoms with Crippen LogP contribution in [-0.4, -0.2) is 48.9 Å². The number of nitrogens with zero attached hydrogens (tertiary/aromatic N) is 2. The molecule has 0 aromatic heterocycles. The van der Waals surface area contributed by atoms with Crippen LogP contribution in [0.4, 0.5) is 5.69 Å². The smallest absolute Gasteiger partial charge is 0.337 e. The zero-order chi connectivity index (χ0) is 20.4. The average Bonchev–Trinajstić information content (AvgIpc) is 3.08. The van der Waals surface area contributed by atoms with Crippen molar-refractivity contribution in [3.8, 4) is 0 Å². The van der Waals surface area contributed by atoms with Crippen LogP contribution in [0.2, 0.25) is 0 Å². The zero-order valence-corrected chi connectivity index (χ0v) is 16.4. The molecule has 2 aliphatic heterocycles. The van der Waals surface area contributed by atoms with Gasteiger partial charge in [-0.3, -0.25) is 14.5 Å². The molecule has 2 fully saturated rings. The van der Waals surface area contributed by atoms with Gasteiger partial charge in [0.1, 0.15) is 0 Å². The first-order valence-electron chi connectivity index (χ1n) is 9.92. The van der Waals surface area contributed by atoms with Gasteiger partial charge in [-0.05, 0) is 61.7 Å². The lowest BCUT2D eigenvalue weighted by atomic mass is 9.89. The van der Waals surface area contributed by atoms with E-state index in [-0.39, 0.29) is 18.2 Å². The van der Waals surface area contributed by atoms with E-state index in [1.807, 2.05) is 6.07 Å². The summed E-state index contributed by atoms with van der Waals surface area (Å²) in [4.78, 5) is 40.6. The summed E-state index contributed by atoms with van der Waals surface area (Å²) in [6, 6.07) is 16.4. The Morgan fingerprint density at radius 2 is 1.62 bits per heavy atom. The minimum absolute atomic E-state index is 0.182. The normalized spacial score (nSPS) is 20.9. The van der Waals surface area contributed by atoms with Gasteiger partial charge in [-0.1, -0.05) is 30.3 Å². The van der Waals surface area contributed by atoms with Crippen molar-refractivity contribution in [2.24, 2.45) is 0 Å². The van der Waals surface area contributed by atoms with Gasteiger partial charge in [0.2, 0.25) is 5.91 Å². The zero-order valence-electron chi connectivity index (χ0n) is 16.4. The van der Waals surface area contributed by atoms with Crippen LogP contribution < -0.4 is 4.90 Å². The minimum atomic E-state index is -0.449. The number of likely N-dealkylation sites (tertiary alicyclic amines) is 1. The molecule has 2 heterocycles. The third-order valence-electron chi connectivity index (χ3n) is 5.91. The van der Waals surface area contributed by atoms with Crippen LogP contribution in [0.1, 0.15) is 41.1 Å². The molecular formula is C23H24N2O4. The summed E-state index contributed by atoms with van der Waals surface area (Å²) in [7, 11) is 1.31. The molecule has 0 aliphatic carbocycles. The van der Waals surface area contributed by atoms with Crippen molar-refractivity contribution in [3.63, 3.8) is 0 Å². The number of benzene rings is 2. The van der Waals surface area contributed by atoms with Crippen LogP contribution >= 0.6 is 0 Å². The van der Waals surface area contributed by atoms with E-state index in [0.29, 0.717) is 17.2 Å². The molecule has 0 radical (unpaired) electrons. The van der Waals surface area contributed by atoms with Crippen LogP contribution in [-0.2, 0) is 14.3 Å². The molecule has 4 rings (SSSR count). The van der Waals surface area contributed by atoms with Crippen LogP contribution in [0.5, 0.6) is 0 Å². The van der Waals surface area contributed by atoms with Gasteiger partial charge >= 0.3 is 5.97 Å². The number of piperidine rings is 1. The Balaban J connectivity index is 1.43. The summed E-state index contributed by atoms with van der Waals surface area (Å²) in [5.41, 5.74) is 2.22. The first kappa shape index (κ1) is 19.3. The predicted octanol–water partition coefficient (Wildman–Crippen LogP) is 2.98. The summed E-state index contributed by atoms with van der Waals surface area (Å²) < 4.78 is 4.69. The number of amides is 2. The third-order valence-corrected chi connectivity index (χ3v) is 5.91. The van der Waals surface area contributed by atoms with Crippen LogP contribution in [0.15, 0.2) is 54.6 Å². The fourth-order valence-electron chi connectivity index (χ4n) is 4.31. The molecule has 6 nitrogen and oxygen atoms in total. The second-order valence-corrected chi connectivity index (χ2v) is 7.55. The number of hydrogen-bond donors (Lipinski definition) is 0. The molecule has 0 spiro atoms. The summed E-state index contributed by atoms with van der Waals surface area (Å²) >= 11 is 0. The van der Waals surface area contributed by atoms with Gasteiger partial charge in [0.05, 0.1) is 30.8 Å². The molecule has 0 saturated carbocycles. The molecule has 2 aromatic carbocycles. The molecular weight excluding hydrogens is 368 g/mol. The lowest BCUT2D eigenvalue weighted by Crippen LogP contribution is -2.45. The number of rotatable bonds is 4. The minimum Gasteiger partial charge on any atom is -0.465 e. The maximum atomic E-state index is 13.0. The topological polar surface area (TPSA) is 66.9 Å². The maximum absolute atomic E-state index is 13.0. The Labute approximate surface area is 170 Å². The van der Waals surface area contributed by atoms with E-state index in [2.05, 4.69) is 33.9 Å². The first-order valence-corrected chi connectivity index (χ1v) is 9.92. The number of esters is 1. The van der Waals surface area contributed by atoms with Gasteiger partial charge in [0.25, 0.3) is 5.91 Å². The van der Waals surface area contributed by atoms with Crippen molar-refractivity contribution >= 4 is 23.5 Å². The van der Waals surface area contributed by atoms with E-state index >= 15 is 0 Å². The first-order chi connectivity index (χ1) is 14.1. The molecule has 150 valence electrons. The van der Waals surface area contributed by atoms with Crippen LogP contribution in [0.25, 0.3) is 0 Å². The lowest BCUT2D eigenvalue weighted by molar-refractivity contribution is -0.123. The Morgan fingerprint density at radius 1 is 0.966 bits per heavy atom. The number of anilines is 1. The van der Waals surface area contributed by atoms with Crippen molar-refractivity contribution in [1.29, 1.82) is 0 Å². The largest absolute Gasteiger partial charge is 0.465 e. The highest BCUT2D eigenvalue weighted by Crippen LogP contribution is 2.32. The second kappa shape index (κ2) is 8.17. The van der Waals surface area contributed by atoms with E-state index < -0.39 is 12.0 Å². The van der Waals surface area contributed by atoms with E-state index in [4.69, 9.17) is 0 Å². The number of imide groups is 1. The van der Waals surface area contributed by atoms with Gasteiger partial charge < -0.3 is 4.74 Å². The van der Waals surface area contributed by atoms with Gasteiger partial charge in [0.15, 0.2) is 0 Å². The van der Waals surface area contributed by atoms with E-state index in [9.17, 15) is 14.4 Å². The number of hydrogen-bond acceptors (Lipinski definition) is 5. The van der Waals surface area contributed by atoms with Crippen molar-refractivity contribution in [2.75, 3.05) is 25.1 Å². The summed E-state index contributed by atoms with van der Waals surface area (Å²) in [6.07, 6.45) is 2.17. The van der Waals surface area contributed by atoms with Crippen molar-refractivity contribution < 1.29 is 19.1 Å². The van der Waals surface area contributed by atoms with Gasteiger partial charge in [0, 0.05) is 0 Å². The maximum Gasteiger partial charge on any atom is 0.337 e. The standard InChI is InChI=1S/C23H24N2O4/c1-29-23(28)18-7-9-19(10-8-18)25-21(26)15-20(22(25)27)24-13-11-17(12-14-24)16-5-3-2-4-6-16/h2-10,17,20H,11-15H2,1H3/t20-/m0/s1. The number of ether oxygens (including phenoxy) is 1. The quantitative estimate of drug-likeness (QED) is 0.591. The van der Waals surface area contributed by atoms with Crippen LogP contribution in [0.3, 0.4) is 0 Å². The monoisotopic (exact) mass is 392 g/mol. The van der Waals surface area contributed by atoms with E-state index in [1.54, 1.807) is 24.3 Å². The van der Waals surface area contributed by atoms with Crippen molar-refractivity contribution in [2.45, 2.75) is 31.2 Å². The molecule has 2 aliphatic rings. The summed E-state index contributed by atoms with van der Waals surface area (Å²) in [5, 5.41) is 0. The summed E-state index contributed by atoms with van der Waals surface area (Å²) in [6.45, 7) is 1.61. The molecule has 2 aromatic rings. The SMILES string of the molecule is COC(=O)c1ccc(N2C(=O)C[C@H](N3CCC(c4ccccc4)CC3)C2=O)cc1.